The molecule has 0 saturated carbocycles. The summed E-state index contributed by atoms with van der Waals surface area (Å²) in [5.41, 5.74) is 1.61. The molecule has 0 saturated heterocycles. The Kier molecular flexibility index (Phi) is 2.69. The topological polar surface area (TPSA) is 37.8 Å². The molecule has 0 unspecified atom stereocenters. The van der Waals surface area contributed by atoms with E-state index in [2.05, 4.69) is 14.9 Å². The van der Waals surface area contributed by atoms with Crippen LogP contribution in [0.2, 0.25) is 0 Å². The van der Waals surface area contributed by atoms with E-state index in [1.807, 2.05) is 11.4 Å². The Hall–Kier alpha value is -1.49. The molecule has 5 heteroatoms. The summed E-state index contributed by atoms with van der Waals surface area (Å²) in [5, 5.41) is 8.77. The zero-order valence-corrected chi connectivity index (χ0v) is 8.09. The molecule has 0 atom stereocenters. The van der Waals surface area contributed by atoms with Crippen LogP contribution in [0, 0.1) is 5.82 Å². The van der Waals surface area contributed by atoms with Gasteiger partial charge in [0.05, 0.1) is 12.2 Å². The van der Waals surface area contributed by atoms with Crippen LogP contribution in [0.4, 0.5) is 10.1 Å². The van der Waals surface area contributed by atoms with Crippen LogP contribution in [-0.2, 0) is 6.54 Å². The average Bonchev–Trinajstić information content (AvgIpc) is 2.67. The van der Waals surface area contributed by atoms with E-state index in [1.54, 1.807) is 6.07 Å². The van der Waals surface area contributed by atoms with Crippen LogP contribution in [0.5, 0.6) is 0 Å². The van der Waals surface area contributed by atoms with Crippen molar-refractivity contribution < 1.29 is 4.39 Å². The quantitative estimate of drug-likeness (QED) is 0.842. The Labute approximate surface area is 84.8 Å². The first-order valence-corrected chi connectivity index (χ1v) is 4.93. The number of hydrogen-bond acceptors (Lipinski definition) is 4. The van der Waals surface area contributed by atoms with E-state index in [1.165, 1.54) is 23.7 Å². The second-order valence-electron chi connectivity index (χ2n) is 2.76. The maximum absolute atomic E-state index is 12.8. The van der Waals surface area contributed by atoms with Gasteiger partial charge in [-0.25, -0.2) is 4.39 Å². The first-order chi connectivity index (χ1) is 6.84. The fourth-order valence-electron chi connectivity index (χ4n) is 1.05. The largest absolute Gasteiger partial charge is 0.379 e. The highest BCUT2D eigenvalue weighted by Crippen LogP contribution is 2.10. The van der Waals surface area contributed by atoms with E-state index in [0.29, 0.717) is 6.54 Å². The highest BCUT2D eigenvalue weighted by molar-refractivity contribution is 7.03. The summed E-state index contributed by atoms with van der Waals surface area (Å²) in [7, 11) is 0. The average molecular weight is 209 g/mol. The van der Waals surface area contributed by atoms with Crippen LogP contribution in [0.1, 0.15) is 5.69 Å². The van der Waals surface area contributed by atoms with Gasteiger partial charge in [0.25, 0.3) is 0 Å². The summed E-state index contributed by atoms with van der Waals surface area (Å²) >= 11 is 1.30. The maximum atomic E-state index is 12.8. The lowest BCUT2D eigenvalue weighted by Gasteiger charge is -2.02. The maximum Gasteiger partial charge on any atom is 0.125 e. The molecule has 0 fully saturated rings. The number of rotatable bonds is 3. The van der Waals surface area contributed by atoms with Gasteiger partial charge in [-0.2, -0.15) is 0 Å². The molecule has 0 aliphatic rings. The molecule has 1 heterocycles. The molecule has 1 aromatic carbocycles. The molecule has 2 rings (SSSR count). The van der Waals surface area contributed by atoms with Crippen LogP contribution < -0.4 is 5.32 Å². The van der Waals surface area contributed by atoms with E-state index >= 15 is 0 Å². The fraction of sp³-hybridized carbons (Fsp3) is 0.111. The van der Waals surface area contributed by atoms with Crippen molar-refractivity contribution >= 4 is 17.2 Å². The summed E-state index contributed by atoms with van der Waals surface area (Å²) in [5.74, 6) is -0.244. The third kappa shape index (κ3) is 2.26. The predicted octanol–water partition coefficient (Wildman–Crippen LogP) is 2.29. The molecule has 0 amide bonds. The molecule has 0 aliphatic carbocycles. The Balaban J connectivity index is 1.98. The molecule has 1 N–H and O–H groups in total. The van der Waals surface area contributed by atoms with E-state index < -0.39 is 0 Å². The molecule has 0 radical (unpaired) electrons. The summed E-state index contributed by atoms with van der Waals surface area (Å²) in [6.45, 7) is 0.569. The van der Waals surface area contributed by atoms with Crippen molar-refractivity contribution in [3.8, 4) is 0 Å². The molecule has 72 valence electrons. The Morgan fingerprint density at radius 3 is 3.07 bits per heavy atom. The summed E-state index contributed by atoms with van der Waals surface area (Å²) in [6, 6.07) is 6.33. The number of nitrogens with zero attached hydrogens (tertiary/aromatic N) is 2. The normalized spacial score (nSPS) is 10.1. The number of benzene rings is 1. The van der Waals surface area contributed by atoms with Gasteiger partial charge in [0.15, 0.2) is 0 Å². The van der Waals surface area contributed by atoms with Crippen LogP contribution >= 0.6 is 11.5 Å². The van der Waals surface area contributed by atoms with Crippen molar-refractivity contribution in [3.63, 3.8) is 0 Å². The van der Waals surface area contributed by atoms with Crippen LogP contribution in [-0.4, -0.2) is 9.59 Å². The molecule has 0 spiro atoms. The Morgan fingerprint density at radius 1 is 1.43 bits per heavy atom. The highest BCUT2D eigenvalue weighted by atomic mass is 32.1. The Bertz CT molecular complexity index is 402. The molecule has 3 nitrogen and oxygen atoms in total. The minimum atomic E-state index is -0.244. The lowest BCUT2D eigenvalue weighted by Crippen LogP contribution is -1.99. The van der Waals surface area contributed by atoms with Crippen molar-refractivity contribution in [2.75, 3.05) is 5.32 Å². The van der Waals surface area contributed by atoms with Gasteiger partial charge in [-0.15, -0.1) is 5.10 Å². The molecule has 2 aromatic rings. The SMILES string of the molecule is Fc1cccc(NCc2csnn2)c1. The van der Waals surface area contributed by atoms with Crippen molar-refractivity contribution in [1.82, 2.24) is 9.59 Å². The van der Waals surface area contributed by atoms with E-state index in [-0.39, 0.29) is 5.82 Å². The van der Waals surface area contributed by atoms with Crippen LogP contribution in [0.15, 0.2) is 29.6 Å². The second kappa shape index (κ2) is 4.15. The lowest BCUT2D eigenvalue weighted by atomic mass is 10.3. The third-order valence-electron chi connectivity index (χ3n) is 1.70. The van der Waals surface area contributed by atoms with Crippen molar-refractivity contribution in [3.05, 3.63) is 41.2 Å². The number of aromatic nitrogens is 2. The molecule has 0 aliphatic heterocycles. The van der Waals surface area contributed by atoms with Gasteiger partial charge in [-0.3, -0.25) is 0 Å². The standard InChI is InChI=1S/C9H8FN3S/c10-7-2-1-3-8(4-7)11-5-9-6-14-13-12-9/h1-4,6,11H,5H2. The number of anilines is 1. The van der Waals surface area contributed by atoms with E-state index in [9.17, 15) is 4.39 Å². The monoisotopic (exact) mass is 209 g/mol. The van der Waals surface area contributed by atoms with Gasteiger partial charge in [0.1, 0.15) is 5.82 Å². The summed E-state index contributed by atoms with van der Waals surface area (Å²) in [6.07, 6.45) is 0. The molecular formula is C9H8FN3S. The molecule has 1 aromatic heterocycles. The zero-order chi connectivity index (χ0) is 9.80. The molecular weight excluding hydrogens is 201 g/mol. The first-order valence-electron chi connectivity index (χ1n) is 4.10. The molecule has 14 heavy (non-hydrogen) atoms. The number of hydrogen-bond donors (Lipinski definition) is 1. The minimum absolute atomic E-state index is 0.244. The minimum Gasteiger partial charge on any atom is -0.379 e. The lowest BCUT2D eigenvalue weighted by molar-refractivity contribution is 0.628. The first kappa shape index (κ1) is 9.08. The van der Waals surface area contributed by atoms with E-state index in [0.717, 1.165) is 11.4 Å². The van der Waals surface area contributed by atoms with Gasteiger partial charge in [0.2, 0.25) is 0 Å². The smallest absolute Gasteiger partial charge is 0.125 e. The fourth-order valence-corrected chi connectivity index (χ4v) is 1.50. The summed E-state index contributed by atoms with van der Waals surface area (Å²) in [4.78, 5) is 0. The summed E-state index contributed by atoms with van der Waals surface area (Å²) < 4.78 is 16.5. The van der Waals surface area contributed by atoms with E-state index in [4.69, 9.17) is 0 Å². The van der Waals surface area contributed by atoms with Crippen molar-refractivity contribution in [2.24, 2.45) is 0 Å². The van der Waals surface area contributed by atoms with Crippen LogP contribution in [0.25, 0.3) is 0 Å². The van der Waals surface area contributed by atoms with Crippen molar-refractivity contribution in [2.45, 2.75) is 6.54 Å². The van der Waals surface area contributed by atoms with Crippen molar-refractivity contribution in [1.29, 1.82) is 0 Å². The Morgan fingerprint density at radius 2 is 2.36 bits per heavy atom. The number of nitrogens with one attached hydrogen (secondary N) is 1. The van der Waals surface area contributed by atoms with Gasteiger partial charge in [-0.05, 0) is 29.7 Å². The van der Waals surface area contributed by atoms with Gasteiger partial charge in [0, 0.05) is 11.1 Å². The zero-order valence-electron chi connectivity index (χ0n) is 7.27. The van der Waals surface area contributed by atoms with Crippen LogP contribution in [0.3, 0.4) is 0 Å². The van der Waals surface area contributed by atoms with Gasteiger partial charge >= 0.3 is 0 Å². The third-order valence-corrected chi connectivity index (χ3v) is 2.26. The predicted molar refractivity (Wildman–Crippen MR) is 53.6 cm³/mol. The molecule has 0 bridgehead atoms. The second-order valence-corrected chi connectivity index (χ2v) is 3.37. The highest BCUT2D eigenvalue weighted by Gasteiger charge is 1.97. The van der Waals surface area contributed by atoms with Gasteiger partial charge in [-0.1, -0.05) is 10.6 Å². The van der Waals surface area contributed by atoms with Gasteiger partial charge < -0.3 is 5.32 Å². The number of halogens is 1.